The summed E-state index contributed by atoms with van der Waals surface area (Å²) in [6.07, 6.45) is 1.63. The minimum absolute atomic E-state index is 0.0330. The van der Waals surface area contributed by atoms with Gasteiger partial charge in [0.15, 0.2) is 0 Å². The molecule has 0 radical (unpaired) electrons. The van der Waals surface area contributed by atoms with E-state index in [4.69, 9.17) is 4.74 Å². The Balaban J connectivity index is 1.61. The molecule has 2 N–H and O–H groups in total. The molecule has 4 rings (SSSR count). The van der Waals surface area contributed by atoms with Crippen LogP contribution in [0.2, 0.25) is 0 Å². The van der Waals surface area contributed by atoms with Crippen LogP contribution in [0.15, 0.2) is 78.4 Å². The standard InChI is InChI=1S/C28H29N3O3/c1-20-7-3-5-9-25(20)29-27(32)24(28(33)30-26-10-6-4-8-21(26)2)19-22-11-13-23(14-12-22)31-15-17-34-18-16-31/h3-14,19H,15-18H2,1-2H3,(H,29,32)(H,30,33). The minimum Gasteiger partial charge on any atom is -0.378 e. The van der Waals surface area contributed by atoms with Crippen molar-refractivity contribution in [2.75, 3.05) is 41.8 Å². The molecule has 6 nitrogen and oxygen atoms in total. The molecule has 0 unspecified atom stereocenters. The summed E-state index contributed by atoms with van der Waals surface area (Å²) in [6, 6.07) is 22.8. The maximum atomic E-state index is 13.2. The maximum absolute atomic E-state index is 13.2. The first-order valence-electron chi connectivity index (χ1n) is 11.4. The van der Waals surface area contributed by atoms with Gasteiger partial charge in [-0.15, -0.1) is 0 Å². The summed E-state index contributed by atoms with van der Waals surface area (Å²) >= 11 is 0. The lowest BCUT2D eigenvalue weighted by molar-refractivity contribution is -0.118. The van der Waals surface area contributed by atoms with Crippen LogP contribution in [0.1, 0.15) is 16.7 Å². The molecule has 6 heteroatoms. The largest absolute Gasteiger partial charge is 0.378 e. The van der Waals surface area contributed by atoms with E-state index in [1.54, 1.807) is 6.08 Å². The first kappa shape index (κ1) is 23.3. The molecule has 1 fully saturated rings. The molecule has 34 heavy (non-hydrogen) atoms. The number of hydrogen-bond acceptors (Lipinski definition) is 4. The molecule has 3 aromatic carbocycles. The van der Waals surface area contributed by atoms with Crippen LogP contribution in [0.25, 0.3) is 6.08 Å². The second kappa shape index (κ2) is 10.8. The number of ether oxygens (including phenoxy) is 1. The number of hydrogen-bond donors (Lipinski definition) is 2. The van der Waals surface area contributed by atoms with Crippen LogP contribution < -0.4 is 15.5 Å². The molecule has 174 valence electrons. The van der Waals surface area contributed by atoms with E-state index < -0.39 is 11.8 Å². The number of rotatable bonds is 6. The Kier molecular flexibility index (Phi) is 7.40. The molecule has 0 saturated carbocycles. The van der Waals surface area contributed by atoms with Gasteiger partial charge in [0, 0.05) is 30.2 Å². The summed E-state index contributed by atoms with van der Waals surface area (Å²) in [5.74, 6) is -0.921. The van der Waals surface area contributed by atoms with E-state index in [0.29, 0.717) is 24.6 Å². The molecule has 2 amide bonds. The molecular weight excluding hydrogens is 426 g/mol. The van der Waals surface area contributed by atoms with E-state index in [1.807, 2.05) is 86.6 Å². The van der Waals surface area contributed by atoms with Crippen molar-refractivity contribution in [2.24, 2.45) is 0 Å². The van der Waals surface area contributed by atoms with Gasteiger partial charge >= 0.3 is 0 Å². The fourth-order valence-corrected chi connectivity index (χ4v) is 3.81. The summed E-state index contributed by atoms with van der Waals surface area (Å²) in [5, 5.41) is 5.77. The smallest absolute Gasteiger partial charge is 0.261 e. The molecular formula is C28H29N3O3. The first-order valence-corrected chi connectivity index (χ1v) is 11.4. The van der Waals surface area contributed by atoms with E-state index in [1.165, 1.54) is 0 Å². The third-order valence-electron chi connectivity index (χ3n) is 5.86. The molecule has 1 aliphatic rings. The number of nitrogens with zero attached hydrogens (tertiary/aromatic N) is 1. The van der Waals surface area contributed by atoms with Gasteiger partial charge in [0.2, 0.25) is 0 Å². The summed E-state index contributed by atoms with van der Waals surface area (Å²) in [7, 11) is 0. The summed E-state index contributed by atoms with van der Waals surface area (Å²) < 4.78 is 5.42. The second-order valence-corrected chi connectivity index (χ2v) is 8.29. The molecule has 0 aliphatic carbocycles. The van der Waals surface area contributed by atoms with Gasteiger partial charge in [-0.3, -0.25) is 9.59 Å². The Morgan fingerprint density at radius 3 is 1.76 bits per heavy atom. The second-order valence-electron chi connectivity index (χ2n) is 8.29. The van der Waals surface area contributed by atoms with Crippen LogP contribution in [-0.2, 0) is 14.3 Å². The summed E-state index contributed by atoms with van der Waals surface area (Å²) in [5.41, 5.74) is 5.08. The van der Waals surface area contributed by atoms with Crippen molar-refractivity contribution in [1.82, 2.24) is 0 Å². The highest BCUT2D eigenvalue weighted by molar-refractivity contribution is 6.29. The third-order valence-corrected chi connectivity index (χ3v) is 5.86. The monoisotopic (exact) mass is 455 g/mol. The van der Waals surface area contributed by atoms with E-state index in [9.17, 15) is 9.59 Å². The van der Waals surface area contributed by atoms with Crippen molar-refractivity contribution in [3.8, 4) is 0 Å². The van der Waals surface area contributed by atoms with Crippen LogP contribution >= 0.6 is 0 Å². The van der Waals surface area contributed by atoms with Gasteiger partial charge in [0.1, 0.15) is 5.57 Å². The Labute approximate surface area is 200 Å². The van der Waals surface area contributed by atoms with Crippen molar-refractivity contribution in [1.29, 1.82) is 0 Å². The van der Waals surface area contributed by atoms with Gasteiger partial charge in [0.05, 0.1) is 13.2 Å². The van der Waals surface area contributed by atoms with Gasteiger partial charge < -0.3 is 20.3 Å². The highest BCUT2D eigenvalue weighted by Gasteiger charge is 2.20. The van der Waals surface area contributed by atoms with Crippen molar-refractivity contribution >= 4 is 35.0 Å². The highest BCUT2D eigenvalue weighted by atomic mass is 16.5. The fraction of sp³-hybridized carbons (Fsp3) is 0.214. The number of nitrogens with one attached hydrogen (secondary N) is 2. The molecule has 1 heterocycles. The van der Waals surface area contributed by atoms with Gasteiger partial charge in [-0.2, -0.15) is 0 Å². The number of anilines is 3. The van der Waals surface area contributed by atoms with E-state index in [2.05, 4.69) is 15.5 Å². The van der Waals surface area contributed by atoms with Crippen LogP contribution in [-0.4, -0.2) is 38.1 Å². The van der Waals surface area contributed by atoms with Gasteiger partial charge in [-0.05, 0) is 60.9 Å². The van der Waals surface area contributed by atoms with Gasteiger partial charge in [-0.25, -0.2) is 0 Å². The molecule has 0 spiro atoms. The lowest BCUT2D eigenvalue weighted by atomic mass is 10.1. The number of carbonyl (C=O) groups excluding carboxylic acids is 2. The fourth-order valence-electron chi connectivity index (χ4n) is 3.81. The lowest BCUT2D eigenvalue weighted by Gasteiger charge is -2.28. The van der Waals surface area contributed by atoms with Crippen LogP contribution in [0.3, 0.4) is 0 Å². The van der Waals surface area contributed by atoms with E-state index >= 15 is 0 Å². The number of aryl methyl sites for hydroxylation is 2. The Morgan fingerprint density at radius 1 is 0.765 bits per heavy atom. The average molecular weight is 456 g/mol. The number of para-hydroxylation sites is 2. The molecule has 0 bridgehead atoms. The maximum Gasteiger partial charge on any atom is 0.261 e. The number of morpholine rings is 1. The predicted molar refractivity (Wildman–Crippen MR) is 137 cm³/mol. The van der Waals surface area contributed by atoms with E-state index in [0.717, 1.165) is 35.5 Å². The van der Waals surface area contributed by atoms with Gasteiger partial charge in [-0.1, -0.05) is 48.5 Å². The summed E-state index contributed by atoms with van der Waals surface area (Å²) in [6.45, 7) is 6.94. The normalized spacial score (nSPS) is 13.2. The molecule has 3 aromatic rings. The zero-order valence-corrected chi connectivity index (χ0v) is 19.5. The van der Waals surface area contributed by atoms with Crippen LogP contribution in [0.5, 0.6) is 0 Å². The SMILES string of the molecule is Cc1ccccc1NC(=O)C(=Cc1ccc(N2CCOCC2)cc1)C(=O)Nc1ccccc1C. The number of carbonyl (C=O) groups is 2. The van der Waals surface area contributed by atoms with Crippen LogP contribution in [0, 0.1) is 13.8 Å². The Bertz CT molecular complexity index is 1130. The third kappa shape index (κ3) is 5.71. The topological polar surface area (TPSA) is 70.7 Å². The van der Waals surface area contributed by atoms with Crippen molar-refractivity contribution < 1.29 is 14.3 Å². The zero-order chi connectivity index (χ0) is 23.9. The molecule has 1 saturated heterocycles. The lowest BCUT2D eigenvalue weighted by Crippen LogP contribution is -2.36. The molecule has 0 aromatic heterocycles. The van der Waals surface area contributed by atoms with Gasteiger partial charge in [0.25, 0.3) is 11.8 Å². The van der Waals surface area contributed by atoms with E-state index in [-0.39, 0.29) is 5.57 Å². The van der Waals surface area contributed by atoms with Crippen molar-refractivity contribution in [3.05, 3.63) is 95.1 Å². The summed E-state index contributed by atoms with van der Waals surface area (Å²) in [4.78, 5) is 28.7. The number of benzene rings is 3. The Morgan fingerprint density at radius 2 is 1.26 bits per heavy atom. The highest BCUT2D eigenvalue weighted by Crippen LogP contribution is 2.21. The zero-order valence-electron chi connectivity index (χ0n) is 19.5. The van der Waals surface area contributed by atoms with Crippen LogP contribution in [0.4, 0.5) is 17.1 Å². The molecule has 0 atom stereocenters. The van der Waals surface area contributed by atoms with Crippen molar-refractivity contribution in [2.45, 2.75) is 13.8 Å². The minimum atomic E-state index is -0.461. The first-order chi connectivity index (χ1) is 16.5. The van der Waals surface area contributed by atoms with Crippen molar-refractivity contribution in [3.63, 3.8) is 0 Å². The quantitative estimate of drug-likeness (QED) is 0.318. The predicted octanol–water partition coefficient (Wildman–Crippen LogP) is 4.80. The number of amides is 2. The molecule has 1 aliphatic heterocycles. The average Bonchev–Trinajstić information content (AvgIpc) is 2.86. The Hall–Kier alpha value is -3.90.